The maximum Gasteiger partial charge on any atom is 0.335 e. The van der Waals surface area contributed by atoms with Gasteiger partial charge in [-0.15, -0.1) is 0 Å². The van der Waals surface area contributed by atoms with Crippen LogP contribution >= 0.6 is 23.2 Å². The summed E-state index contributed by atoms with van der Waals surface area (Å²) in [6.45, 7) is 0. The number of hydrogen-bond donors (Lipinski definition) is 1. The summed E-state index contributed by atoms with van der Waals surface area (Å²) in [5.74, 6) is -1.47. The molecule has 0 aromatic heterocycles. The molecule has 1 fully saturated rings. The molecule has 1 aliphatic heterocycles. The lowest BCUT2D eigenvalue weighted by molar-refractivity contribution is -0.122. The van der Waals surface area contributed by atoms with Gasteiger partial charge >= 0.3 is 6.03 Å². The van der Waals surface area contributed by atoms with Crippen molar-refractivity contribution in [2.75, 3.05) is 4.90 Å². The molecule has 24 heavy (non-hydrogen) atoms. The molecule has 2 aromatic carbocycles. The Kier molecular flexibility index (Phi) is 4.38. The summed E-state index contributed by atoms with van der Waals surface area (Å²) in [4.78, 5) is 37.6. The van der Waals surface area contributed by atoms with Gasteiger partial charge in [-0.3, -0.25) is 14.9 Å². The van der Waals surface area contributed by atoms with Crippen molar-refractivity contribution in [2.45, 2.75) is 0 Å². The first-order chi connectivity index (χ1) is 11.5. The third kappa shape index (κ3) is 3.18. The van der Waals surface area contributed by atoms with Gasteiger partial charge in [-0.2, -0.15) is 0 Å². The van der Waals surface area contributed by atoms with Crippen LogP contribution in [-0.4, -0.2) is 17.8 Å². The number of hydrogen-bond acceptors (Lipinski definition) is 3. The Hall–Kier alpha value is -2.63. The maximum atomic E-state index is 12.6. The second-order valence-electron chi connectivity index (χ2n) is 4.99. The van der Waals surface area contributed by atoms with Gasteiger partial charge in [0.2, 0.25) is 0 Å². The molecule has 1 heterocycles. The van der Waals surface area contributed by atoms with Crippen molar-refractivity contribution in [3.63, 3.8) is 0 Å². The Bertz CT molecular complexity index is 876. The van der Waals surface area contributed by atoms with Gasteiger partial charge in [0, 0.05) is 10.0 Å². The van der Waals surface area contributed by atoms with Gasteiger partial charge < -0.3 is 0 Å². The summed E-state index contributed by atoms with van der Waals surface area (Å²) >= 11 is 11.7. The van der Waals surface area contributed by atoms with Crippen LogP contribution < -0.4 is 10.2 Å². The van der Waals surface area contributed by atoms with Crippen LogP contribution in [0.25, 0.3) is 6.08 Å². The molecule has 0 bridgehead atoms. The number of nitrogens with zero attached hydrogens (tertiary/aromatic N) is 1. The molecule has 0 radical (unpaired) electrons. The summed E-state index contributed by atoms with van der Waals surface area (Å²) in [6, 6.07) is 12.0. The highest BCUT2D eigenvalue weighted by atomic mass is 35.5. The van der Waals surface area contributed by atoms with E-state index in [0.717, 1.165) is 4.90 Å². The van der Waals surface area contributed by atoms with E-state index in [9.17, 15) is 14.4 Å². The van der Waals surface area contributed by atoms with Crippen molar-refractivity contribution in [3.8, 4) is 0 Å². The first-order valence-corrected chi connectivity index (χ1v) is 7.64. The molecular weight excluding hydrogens is 351 g/mol. The molecule has 5 nitrogen and oxygen atoms in total. The Morgan fingerprint density at radius 2 is 1.62 bits per heavy atom. The third-order valence-electron chi connectivity index (χ3n) is 3.35. The molecular formula is C17H10Cl2N2O3. The molecule has 1 N–H and O–H groups in total. The fourth-order valence-corrected chi connectivity index (χ4v) is 2.57. The van der Waals surface area contributed by atoms with Gasteiger partial charge in [-0.1, -0.05) is 35.3 Å². The van der Waals surface area contributed by atoms with Crippen LogP contribution in [0.3, 0.4) is 0 Å². The number of benzene rings is 2. The van der Waals surface area contributed by atoms with Crippen molar-refractivity contribution < 1.29 is 14.4 Å². The molecule has 0 aliphatic carbocycles. The Balaban J connectivity index is 2.01. The quantitative estimate of drug-likeness (QED) is 0.656. The third-order valence-corrected chi connectivity index (χ3v) is 3.83. The van der Waals surface area contributed by atoms with E-state index in [1.807, 2.05) is 0 Å². The Labute approximate surface area is 147 Å². The molecule has 0 unspecified atom stereocenters. The SMILES string of the molecule is O=C1NC(=O)N(c2ccc(Cl)cc2)C(=O)/C1=C\c1cccc(Cl)c1. The highest BCUT2D eigenvalue weighted by molar-refractivity contribution is 6.39. The van der Waals surface area contributed by atoms with E-state index in [-0.39, 0.29) is 5.57 Å². The Morgan fingerprint density at radius 3 is 2.29 bits per heavy atom. The number of amides is 4. The topological polar surface area (TPSA) is 66.5 Å². The van der Waals surface area contributed by atoms with Crippen LogP contribution in [0.2, 0.25) is 10.0 Å². The van der Waals surface area contributed by atoms with Crippen molar-refractivity contribution in [1.82, 2.24) is 5.32 Å². The lowest BCUT2D eigenvalue weighted by Gasteiger charge is -2.26. The zero-order valence-electron chi connectivity index (χ0n) is 12.1. The van der Waals surface area contributed by atoms with Crippen LogP contribution in [0.5, 0.6) is 0 Å². The fourth-order valence-electron chi connectivity index (χ4n) is 2.25. The normalized spacial score (nSPS) is 16.5. The van der Waals surface area contributed by atoms with Crippen molar-refractivity contribution in [2.24, 2.45) is 0 Å². The van der Waals surface area contributed by atoms with E-state index >= 15 is 0 Å². The average Bonchev–Trinajstić information content (AvgIpc) is 2.53. The molecule has 0 atom stereocenters. The van der Waals surface area contributed by atoms with E-state index in [0.29, 0.717) is 21.3 Å². The second kappa shape index (κ2) is 6.47. The van der Waals surface area contributed by atoms with Crippen molar-refractivity contribution in [3.05, 3.63) is 69.7 Å². The smallest absolute Gasteiger partial charge is 0.273 e. The van der Waals surface area contributed by atoms with Gasteiger partial charge in [0.25, 0.3) is 11.8 Å². The van der Waals surface area contributed by atoms with E-state index in [1.165, 1.54) is 18.2 Å². The lowest BCUT2D eigenvalue weighted by Crippen LogP contribution is -2.54. The minimum Gasteiger partial charge on any atom is -0.273 e. The van der Waals surface area contributed by atoms with Gasteiger partial charge in [0.15, 0.2) is 0 Å². The maximum absolute atomic E-state index is 12.6. The monoisotopic (exact) mass is 360 g/mol. The number of anilines is 1. The molecule has 1 saturated heterocycles. The Morgan fingerprint density at radius 1 is 0.917 bits per heavy atom. The molecule has 120 valence electrons. The highest BCUT2D eigenvalue weighted by Crippen LogP contribution is 2.24. The molecule has 2 aromatic rings. The molecule has 7 heteroatoms. The number of imide groups is 2. The zero-order valence-corrected chi connectivity index (χ0v) is 13.6. The molecule has 0 spiro atoms. The summed E-state index contributed by atoms with van der Waals surface area (Å²) < 4.78 is 0. The van der Waals surface area contributed by atoms with Gasteiger partial charge in [-0.25, -0.2) is 9.69 Å². The van der Waals surface area contributed by atoms with Crippen LogP contribution in [0, 0.1) is 0 Å². The van der Waals surface area contributed by atoms with Crippen LogP contribution in [0.15, 0.2) is 54.1 Å². The van der Waals surface area contributed by atoms with Crippen LogP contribution in [0.1, 0.15) is 5.56 Å². The summed E-state index contributed by atoms with van der Waals surface area (Å²) in [7, 11) is 0. The van der Waals surface area contributed by atoms with E-state index in [1.54, 1.807) is 36.4 Å². The molecule has 0 saturated carbocycles. The summed E-state index contributed by atoms with van der Waals surface area (Å²) in [5, 5.41) is 3.09. The van der Waals surface area contributed by atoms with Gasteiger partial charge in [-0.05, 0) is 48.0 Å². The summed E-state index contributed by atoms with van der Waals surface area (Å²) in [6.07, 6.45) is 1.39. The number of nitrogens with one attached hydrogen (secondary N) is 1. The first kappa shape index (κ1) is 16.2. The summed E-state index contributed by atoms with van der Waals surface area (Å²) in [5.41, 5.74) is 0.726. The number of rotatable bonds is 2. The largest absolute Gasteiger partial charge is 0.335 e. The number of barbiturate groups is 1. The zero-order chi connectivity index (χ0) is 17.3. The van der Waals surface area contributed by atoms with E-state index in [2.05, 4.69) is 5.32 Å². The molecule has 4 amide bonds. The van der Waals surface area contributed by atoms with Crippen LogP contribution in [-0.2, 0) is 9.59 Å². The minimum absolute atomic E-state index is 0.160. The predicted molar refractivity (Wildman–Crippen MR) is 91.9 cm³/mol. The standard InChI is InChI=1S/C17H10Cl2N2O3/c18-11-4-6-13(7-5-11)21-16(23)14(15(22)20-17(21)24)9-10-2-1-3-12(19)8-10/h1-9H,(H,20,22,24)/b14-9-. The van der Waals surface area contributed by atoms with E-state index in [4.69, 9.17) is 23.2 Å². The van der Waals surface area contributed by atoms with Crippen LogP contribution in [0.4, 0.5) is 10.5 Å². The van der Waals surface area contributed by atoms with Crippen molar-refractivity contribution >= 4 is 52.8 Å². The number of urea groups is 1. The highest BCUT2D eigenvalue weighted by Gasteiger charge is 2.36. The fraction of sp³-hybridized carbons (Fsp3) is 0. The average molecular weight is 361 g/mol. The number of carbonyl (C=O) groups is 3. The molecule has 1 aliphatic rings. The van der Waals surface area contributed by atoms with Crippen molar-refractivity contribution in [1.29, 1.82) is 0 Å². The van der Waals surface area contributed by atoms with Gasteiger partial charge in [0.1, 0.15) is 5.57 Å². The van der Waals surface area contributed by atoms with E-state index < -0.39 is 17.8 Å². The van der Waals surface area contributed by atoms with Gasteiger partial charge in [0.05, 0.1) is 5.69 Å². The second-order valence-corrected chi connectivity index (χ2v) is 5.86. The lowest BCUT2D eigenvalue weighted by atomic mass is 10.1. The predicted octanol–water partition coefficient (Wildman–Crippen LogP) is 3.66. The molecule has 3 rings (SSSR count). The number of carbonyl (C=O) groups excluding carboxylic acids is 3. The number of halogens is 2. The minimum atomic E-state index is -0.810. The first-order valence-electron chi connectivity index (χ1n) is 6.88.